The summed E-state index contributed by atoms with van der Waals surface area (Å²) in [5.41, 5.74) is 0. The van der Waals surface area contributed by atoms with E-state index in [1.807, 2.05) is 6.07 Å². The van der Waals surface area contributed by atoms with Crippen LogP contribution in [0.1, 0.15) is 25.6 Å². The van der Waals surface area contributed by atoms with E-state index in [9.17, 15) is 0 Å². The quantitative estimate of drug-likeness (QED) is 0.788. The Hall–Kier alpha value is -1.16. The zero-order valence-corrected chi connectivity index (χ0v) is 8.53. The van der Waals surface area contributed by atoms with E-state index in [0.29, 0.717) is 12.0 Å². The van der Waals surface area contributed by atoms with Crippen molar-refractivity contribution in [3.05, 3.63) is 18.1 Å². The molecule has 2 heterocycles. The van der Waals surface area contributed by atoms with Gasteiger partial charge in [0.1, 0.15) is 11.6 Å². The van der Waals surface area contributed by atoms with Gasteiger partial charge >= 0.3 is 0 Å². The molecule has 1 aliphatic rings. The van der Waals surface area contributed by atoms with Crippen LogP contribution in [0.25, 0.3) is 0 Å². The molecule has 0 bridgehead atoms. The molecule has 0 saturated carbocycles. The minimum absolute atomic E-state index is 0.370. The molecule has 4 nitrogen and oxygen atoms in total. The van der Waals surface area contributed by atoms with Crippen LogP contribution in [0.15, 0.2) is 12.3 Å². The molecule has 1 saturated heterocycles. The highest BCUT2D eigenvalue weighted by Gasteiger charge is 2.18. The summed E-state index contributed by atoms with van der Waals surface area (Å²) >= 11 is 0. The Morgan fingerprint density at radius 2 is 2.29 bits per heavy atom. The molecule has 2 rings (SSSR count). The van der Waals surface area contributed by atoms with Crippen molar-refractivity contribution in [1.29, 1.82) is 0 Å². The summed E-state index contributed by atoms with van der Waals surface area (Å²) in [5.74, 6) is 2.15. The van der Waals surface area contributed by atoms with E-state index in [0.717, 1.165) is 24.9 Å². The molecular weight excluding hydrogens is 178 g/mol. The van der Waals surface area contributed by atoms with Gasteiger partial charge in [0.05, 0.1) is 19.3 Å². The van der Waals surface area contributed by atoms with Crippen molar-refractivity contribution in [2.24, 2.45) is 0 Å². The zero-order chi connectivity index (χ0) is 9.97. The molecule has 1 fully saturated rings. The Labute approximate surface area is 83.7 Å². The lowest BCUT2D eigenvalue weighted by Gasteiger charge is -2.27. The number of aromatic nitrogens is 2. The van der Waals surface area contributed by atoms with E-state index in [-0.39, 0.29) is 0 Å². The Morgan fingerprint density at radius 3 is 2.86 bits per heavy atom. The van der Waals surface area contributed by atoms with E-state index in [1.54, 1.807) is 6.20 Å². The van der Waals surface area contributed by atoms with Crippen LogP contribution in [0, 0.1) is 0 Å². The van der Waals surface area contributed by atoms with Gasteiger partial charge < -0.3 is 10.1 Å². The molecule has 76 valence electrons. The molecule has 1 aromatic heterocycles. The predicted octanol–water partition coefficient (Wildman–Crippen LogP) is 1.41. The maximum absolute atomic E-state index is 5.08. The van der Waals surface area contributed by atoms with Gasteiger partial charge in [-0.1, -0.05) is 13.8 Å². The second-order valence-electron chi connectivity index (χ2n) is 3.83. The van der Waals surface area contributed by atoms with Gasteiger partial charge in [-0.3, -0.25) is 0 Å². The Bertz CT molecular complexity index is 310. The van der Waals surface area contributed by atoms with Crippen molar-refractivity contribution < 1.29 is 4.74 Å². The van der Waals surface area contributed by atoms with Gasteiger partial charge in [-0.25, -0.2) is 9.97 Å². The monoisotopic (exact) mass is 193 g/mol. The van der Waals surface area contributed by atoms with E-state index >= 15 is 0 Å². The van der Waals surface area contributed by atoms with Crippen molar-refractivity contribution in [1.82, 2.24) is 9.97 Å². The average molecular weight is 193 g/mol. The maximum Gasteiger partial charge on any atom is 0.133 e. The molecule has 1 aromatic rings. The molecule has 0 amide bonds. The van der Waals surface area contributed by atoms with E-state index in [2.05, 4.69) is 29.1 Å². The summed E-state index contributed by atoms with van der Waals surface area (Å²) < 4.78 is 5.08. The van der Waals surface area contributed by atoms with Crippen molar-refractivity contribution in [2.45, 2.75) is 25.8 Å². The van der Waals surface area contributed by atoms with Gasteiger partial charge in [-0.05, 0) is 6.07 Å². The number of anilines is 1. The van der Waals surface area contributed by atoms with Gasteiger partial charge in [-0.15, -0.1) is 0 Å². The maximum atomic E-state index is 5.08. The summed E-state index contributed by atoms with van der Waals surface area (Å²) in [6.45, 7) is 5.74. The van der Waals surface area contributed by atoms with E-state index < -0.39 is 0 Å². The van der Waals surface area contributed by atoms with Crippen LogP contribution in [0.5, 0.6) is 0 Å². The van der Waals surface area contributed by atoms with Crippen LogP contribution in [-0.4, -0.2) is 29.2 Å². The SMILES string of the molecule is CC(C)c1nccc(NC2COC2)n1. The highest BCUT2D eigenvalue weighted by atomic mass is 16.5. The number of ether oxygens (including phenoxy) is 1. The Kier molecular flexibility index (Phi) is 2.63. The van der Waals surface area contributed by atoms with E-state index in [1.165, 1.54) is 0 Å². The molecule has 0 atom stereocenters. The number of hydrogen-bond acceptors (Lipinski definition) is 4. The first-order valence-corrected chi connectivity index (χ1v) is 4.93. The summed E-state index contributed by atoms with van der Waals surface area (Å²) in [4.78, 5) is 8.62. The minimum Gasteiger partial charge on any atom is -0.377 e. The Balaban J connectivity index is 2.05. The molecule has 0 spiro atoms. The molecule has 0 aliphatic carbocycles. The highest BCUT2D eigenvalue weighted by molar-refractivity contribution is 5.35. The van der Waals surface area contributed by atoms with Crippen LogP contribution >= 0.6 is 0 Å². The first-order valence-electron chi connectivity index (χ1n) is 4.93. The molecule has 0 aromatic carbocycles. The molecule has 0 unspecified atom stereocenters. The smallest absolute Gasteiger partial charge is 0.133 e. The normalized spacial score (nSPS) is 16.8. The first-order chi connectivity index (χ1) is 6.75. The Morgan fingerprint density at radius 1 is 1.50 bits per heavy atom. The second kappa shape index (κ2) is 3.92. The average Bonchev–Trinajstić information content (AvgIpc) is 2.12. The number of rotatable bonds is 3. The molecule has 1 aliphatic heterocycles. The van der Waals surface area contributed by atoms with Crippen molar-refractivity contribution >= 4 is 5.82 Å². The van der Waals surface area contributed by atoms with Gasteiger partial charge in [0.15, 0.2) is 0 Å². The van der Waals surface area contributed by atoms with Crippen LogP contribution in [0.3, 0.4) is 0 Å². The fourth-order valence-electron chi connectivity index (χ4n) is 1.26. The molecular formula is C10H15N3O. The van der Waals surface area contributed by atoms with Crippen molar-refractivity contribution in [3.63, 3.8) is 0 Å². The van der Waals surface area contributed by atoms with Gasteiger partial charge in [0, 0.05) is 12.1 Å². The first kappa shape index (κ1) is 9.40. The fraction of sp³-hybridized carbons (Fsp3) is 0.600. The third-order valence-corrected chi connectivity index (χ3v) is 2.18. The second-order valence-corrected chi connectivity index (χ2v) is 3.83. The van der Waals surface area contributed by atoms with Gasteiger partial charge in [-0.2, -0.15) is 0 Å². The molecule has 14 heavy (non-hydrogen) atoms. The van der Waals surface area contributed by atoms with Crippen LogP contribution in [-0.2, 0) is 4.74 Å². The van der Waals surface area contributed by atoms with Gasteiger partial charge in [0.2, 0.25) is 0 Å². The summed E-state index contributed by atoms with van der Waals surface area (Å²) in [6.07, 6.45) is 1.80. The van der Waals surface area contributed by atoms with Crippen molar-refractivity contribution in [3.8, 4) is 0 Å². The lowest BCUT2D eigenvalue weighted by molar-refractivity contribution is 0.0209. The highest BCUT2D eigenvalue weighted by Crippen LogP contribution is 2.13. The minimum atomic E-state index is 0.370. The van der Waals surface area contributed by atoms with Crippen LogP contribution in [0.2, 0.25) is 0 Å². The molecule has 0 radical (unpaired) electrons. The molecule has 1 N–H and O–H groups in total. The van der Waals surface area contributed by atoms with Gasteiger partial charge in [0.25, 0.3) is 0 Å². The number of nitrogens with one attached hydrogen (secondary N) is 1. The standard InChI is InChI=1S/C10H15N3O/c1-7(2)10-11-4-3-9(13-10)12-8-5-14-6-8/h3-4,7-8H,5-6H2,1-2H3,(H,11,12,13). The zero-order valence-electron chi connectivity index (χ0n) is 8.53. The van der Waals surface area contributed by atoms with Crippen LogP contribution < -0.4 is 5.32 Å². The van der Waals surface area contributed by atoms with E-state index in [4.69, 9.17) is 4.74 Å². The number of nitrogens with zero attached hydrogens (tertiary/aromatic N) is 2. The third-order valence-electron chi connectivity index (χ3n) is 2.18. The topological polar surface area (TPSA) is 47.0 Å². The van der Waals surface area contributed by atoms with Crippen LogP contribution in [0.4, 0.5) is 5.82 Å². The summed E-state index contributed by atoms with van der Waals surface area (Å²) in [5, 5.41) is 3.30. The molecule has 4 heteroatoms. The lowest BCUT2D eigenvalue weighted by atomic mass is 10.2. The fourth-order valence-corrected chi connectivity index (χ4v) is 1.26. The van der Waals surface area contributed by atoms with Crippen molar-refractivity contribution in [2.75, 3.05) is 18.5 Å². The third kappa shape index (κ3) is 2.01. The number of hydrogen-bond donors (Lipinski definition) is 1. The summed E-state index contributed by atoms with van der Waals surface area (Å²) in [7, 11) is 0. The lowest BCUT2D eigenvalue weighted by Crippen LogP contribution is -2.40. The largest absolute Gasteiger partial charge is 0.377 e. The summed E-state index contributed by atoms with van der Waals surface area (Å²) in [6, 6.07) is 2.31. The predicted molar refractivity (Wildman–Crippen MR) is 54.4 cm³/mol.